The summed E-state index contributed by atoms with van der Waals surface area (Å²) in [6, 6.07) is 3.02. The molecule has 126 valence electrons. The van der Waals surface area contributed by atoms with Crippen molar-refractivity contribution in [3.05, 3.63) is 17.7 Å². The maximum absolute atomic E-state index is 12.7. The van der Waals surface area contributed by atoms with E-state index in [1.54, 1.807) is 0 Å². The molecule has 1 saturated heterocycles. The molecule has 0 bridgehead atoms. The Hall–Kier alpha value is -1.95. The Kier molecular flexibility index (Phi) is 4.10. The van der Waals surface area contributed by atoms with E-state index in [0.717, 1.165) is 19.3 Å². The average molecular weight is 321 g/mol. The lowest BCUT2D eigenvalue weighted by Crippen LogP contribution is -2.52. The Bertz CT molecular complexity index is 588. The molecule has 0 aromatic heterocycles. The van der Waals surface area contributed by atoms with Crippen molar-refractivity contribution in [1.82, 2.24) is 5.32 Å². The third-order valence-corrected chi connectivity index (χ3v) is 4.74. The Morgan fingerprint density at radius 2 is 1.91 bits per heavy atom. The molecule has 0 unspecified atom stereocenters. The van der Waals surface area contributed by atoms with Crippen molar-refractivity contribution in [3.8, 4) is 17.2 Å². The fraction of sp³-hybridized carbons (Fsp3) is 0.588. The van der Waals surface area contributed by atoms with Crippen molar-refractivity contribution in [3.63, 3.8) is 0 Å². The van der Waals surface area contributed by atoms with Gasteiger partial charge in [0.2, 0.25) is 5.75 Å². The van der Waals surface area contributed by atoms with Crippen LogP contribution in [0.1, 0.15) is 36.5 Å². The number of phenols is 1. The van der Waals surface area contributed by atoms with Crippen molar-refractivity contribution < 1.29 is 24.1 Å². The molecular formula is C17H23NO5. The molecule has 2 aliphatic rings. The zero-order valence-corrected chi connectivity index (χ0v) is 13.7. The fourth-order valence-electron chi connectivity index (χ4n) is 3.27. The third kappa shape index (κ3) is 2.95. The number of nitrogens with one attached hydrogen (secondary N) is 1. The van der Waals surface area contributed by atoms with E-state index in [9.17, 15) is 9.90 Å². The summed E-state index contributed by atoms with van der Waals surface area (Å²) in [7, 11) is 2.87. The Labute approximate surface area is 135 Å². The quantitative estimate of drug-likeness (QED) is 0.868. The average Bonchev–Trinajstić information content (AvgIpc) is 3.30. The smallest absolute Gasteiger partial charge is 0.252 e. The minimum Gasteiger partial charge on any atom is -0.502 e. The van der Waals surface area contributed by atoms with Gasteiger partial charge in [-0.25, -0.2) is 0 Å². The number of phenolic OH excluding ortho intramolecular Hbond substituents is 1. The van der Waals surface area contributed by atoms with Gasteiger partial charge in [-0.3, -0.25) is 4.79 Å². The summed E-state index contributed by atoms with van der Waals surface area (Å²) in [6.45, 7) is 2.70. The van der Waals surface area contributed by atoms with Crippen LogP contribution in [0.2, 0.25) is 0 Å². The van der Waals surface area contributed by atoms with Crippen LogP contribution in [-0.4, -0.2) is 43.5 Å². The number of hydrogen-bond acceptors (Lipinski definition) is 5. The lowest BCUT2D eigenvalue weighted by molar-refractivity contribution is 0.0514. The van der Waals surface area contributed by atoms with E-state index in [-0.39, 0.29) is 34.8 Å². The van der Waals surface area contributed by atoms with Crippen LogP contribution in [0.4, 0.5) is 0 Å². The van der Waals surface area contributed by atoms with Gasteiger partial charge in [0, 0.05) is 12.2 Å². The molecule has 1 aliphatic carbocycles. The molecule has 1 heterocycles. The molecule has 2 N–H and O–H groups in total. The van der Waals surface area contributed by atoms with E-state index in [1.807, 2.05) is 6.92 Å². The monoisotopic (exact) mass is 321 g/mol. The van der Waals surface area contributed by atoms with Gasteiger partial charge in [-0.2, -0.15) is 0 Å². The molecule has 3 rings (SSSR count). The highest BCUT2D eigenvalue weighted by molar-refractivity contribution is 5.96. The molecular weight excluding hydrogens is 298 g/mol. The van der Waals surface area contributed by atoms with Crippen LogP contribution in [-0.2, 0) is 4.74 Å². The zero-order chi connectivity index (χ0) is 16.6. The first-order chi connectivity index (χ1) is 11.0. The van der Waals surface area contributed by atoms with Gasteiger partial charge < -0.3 is 24.6 Å². The normalized spacial score (nSPS) is 26.8. The number of carbonyl (C=O) groups is 1. The van der Waals surface area contributed by atoms with Gasteiger partial charge in [0.15, 0.2) is 11.5 Å². The van der Waals surface area contributed by atoms with E-state index < -0.39 is 0 Å². The third-order valence-electron chi connectivity index (χ3n) is 4.74. The summed E-state index contributed by atoms with van der Waals surface area (Å²) in [5.41, 5.74) is 0.0236. The van der Waals surface area contributed by atoms with Crippen molar-refractivity contribution in [1.29, 1.82) is 0 Å². The summed E-state index contributed by atoms with van der Waals surface area (Å²) in [5, 5.41) is 13.1. The van der Waals surface area contributed by atoms with Gasteiger partial charge in [0.05, 0.1) is 25.9 Å². The zero-order valence-electron chi connectivity index (χ0n) is 13.7. The molecule has 1 saturated carbocycles. The minimum absolute atomic E-state index is 0.0763. The number of methoxy groups -OCH3 is 2. The Morgan fingerprint density at radius 1 is 1.30 bits per heavy atom. The van der Waals surface area contributed by atoms with E-state index >= 15 is 0 Å². The van der Waals surface area contributed by atoms with E-state index in [0.29, 0.717) is 18.1 Å². The van der Waals surface area contributed by atoms with Crippen molar-refractivity contribution in [2.75, 3.05) is 20.8 Å². The van der Waals surface area contributed by atoms with E-state index in [1.165, 1.54) is 26.4 Å². The number of carbonyl (C=O) groups excluding carboxylic acids is 1. The number of ether oxygens (including phenoxy) is 3. The maximum atomic E-state index is 12.7. The van der Waals surface area contributed by atoms with Crippen molar-refractivity contribution in [2.45, 2.75) is 37.8 Å². The predicted octanol–water partition coefficient (Wildman–Crippen LogP) is 2.10. The number of benzene rings is 1. The van der Waals surface area contributed by atoms with Gasteiger partial charge in [-0.05, 0) is 44.2 Å². The standard InChI is InChI=1S/C17H23NO5/c1-17(6-7-23-15(17)10-4-5-10)18-16(20)11-8-12(21-2)14(19)13(9-11)22-3/h8-10,15,19H,4-7H2,1-3H3,(H,18,20)/t15-,17+/m0/s1. The topological polar surface area (TPSA) is 77.0 Å². The lowest BCUT2D eigenvalue weighted by Gasteiger charge is -2.31. The molecule has 1 aromatic carbocycles. The first-order valence-corrected chi connectivity index (χ1v) is 7.87. The molecule has 2 atom stereocenters. The van der Waals surface area contributed by atoms with Crippen LogP contribution in [0, 0.1) is 5.92 Å². The number of aromatic hydroxyl groups is 1. The largest absolute Gasteiger partial charge is 0.502 e. The second-order valence-corrected chi connectivity index (χ2v) is 6.48. The number of rotatable bonds is 5. The summed E-state index contributed by atoms with van der Waals surface area (Å²) >= 11 is 0. The minimum atomic E-state index is -0.364. The van der Waals surface area contributed by atoms with Crippen LogP contribution in [0.15, 0.2) is 12.1 Å². The van der Waals surface area contributed by atoms with Gasteiger partial charge in [-0.15, -0.1) is 0 Å². The highest BCUT2D eigenvalue weighted by Crippen LogP contribution is 2.43. The fourth-order valence-corrected chi connectivity index (χ4v) is 3.27. The summed E-state index contributed by atoms with van der Waals surface area (Å²) in [4.78, 5) is 12.7. The molecule has 1 amide bonds. The summed E-state index contributed by atoms with van der Waals surface area (Å²) in [6.07, 6.45) is 3.20. The van der Waals surface area contributed by atoms with Gasteiger partial charge >= 0.3 is 0 Å². The highest BCUT2D eigenvalue weighted by atomic mass is 16.5. The molecule has 1 aliphatic heterocycles. The van der Waals surface area contributed by atoms with E-state index in [2.05, 4.69) is 5.32 Å². The van der Waals surface area contributed by atoms with Crippen LogP contribution < -0.4 is 14.8 Å². The van der Waals surface area contributed by atoms with Crippen LogP contribution in [0.25, 0.3) is 0 Å². The second kappa shape index (κ2) is 5.92. The first-order valence-electron chi connectivity index (χ1n) is 7.87. The van der Waals surface area contributed by atoms with Crippen LogP contribution >= 0.6 is 0 Å². The first kappa shape index (κ1) is 15.9. The molecule has 0 radical (unpaired) electrons. The Balaban J connectivity index is 1.83. The predicted molar refractivity (Wildman–Crippen MR) is 84.2 cm³/mol. The second-order valence-electron chi connectivity index (χ2n) is 6.48. The molecule has 6 heteroatoms. The van der Waals surface area contributed by atoms with Gasteiger partial charge in [0.1, 0.15) is 0 Å². The van der Waals surface area contributed by atoms with Gasteiger partial charge in [-0.1, -0.05) is 0 Å². The Morgan fingerprint density at radius 3 is 2.43 bits per heavy atom. The number of hydrogen-bond donors (Lipinski definition) is 2. The summed E-state index contributed by atoms with van der Waals surface area (Å²) in [5.74, 6) is 0.631. The van der Waals surface area contributed by atoms with Crippen LogP contribution in [0.3, 0.4) is 0 Å². The summed E-state index contributed by atoms with van der Waals surface area (Å²) < 4.78 is 16.1. The highest BCUT2D eigenvalue weighted by Gasteiger charge is 2.49. The molecule has 2 fully saturated rings. The molecule has 0 spiro atoms. The van der Waals surface area contributed by atoms with E-state index in [4.69, 9.17) is 14.2 Å². The molecule has 1 aromatic rings. The lowest BCUT2D eigenvalue weighted by atomic mass is 9.90. The number of amides is 1. The molecule has 6 nitrogen and oxygen atoms in total. The van der Waals surface area contributed by atoms with Crippen molar-refractivity contribution in [2.24, 2.45) is 5.92 Å². The van der Waals surface area contributed by atoms with Crippen molar-refractivity contribution >= 4 is 5.91 Å². The maximum Gasteiger partial charge on any atom is 0.252 e. The molecule has 23 heavy (non-hydrogen) atoms. The van der Waals surface area contributed by atoms with Crippen LogP contribution in [0.5, 0.6) is 17.2 Å². The SMILES string of the molecule is COc1cc(C(=O)N[C@]2(C)CCO[C@H]2C2CC2)cc(OC)c1O. The van der Waals surface area contributed by atoms with Gasteiger partial charge in [0.25, 0.3) is 5.91 Å².